The van der Waals surface area contributed by atoms with Crippen LogP contribution in [0.2, 0.25) is 0 Å². The Labute approximate surface area is 222 Å². The highest BCUT2D eigenvalue weighted by atomic mass is 35.5. The zero-order valence-corrected chi connectivity index (χ0v) is 21.2. The summed E-state index contributed by atoms with van der Waals surface area (Å²) in [7, 11) is 0. The summed E-state index contributed by atoms with van der Waals surface area (Å²) in [5, 5.41) is 4.55. The lowest BCUT2D eigenvalue weighted by molar-refractivity contribution is -0.123. The van der Waals surface area contributed by atoms with Crippen molar-refractivity contribution in [3.63, 3.8) is 0 Å². The second-order valence-electron chi connectivity index (χ2n) is 9.45. The number of benzene rings is 2. The van der Waals surface area contributed by atoms with Crippen LogP contribution in [-0.4, -0.2) is 47.0 Å². The smallest absolute Gasteiger partial charge is 0.338 e. The molecule has 0 radical (unpaired) electrons. The molecular weight excluding hydrogens is 521 g/mol. The lowest BCUT2D eigenvalue weighted by atomic mass is 9.80. The maximum atomic E-state index is 13.1. The third kappa shape index (κ3) is 4.57. The largest absolute Gasteiger partial charge is 0.452 e. The van der Waals surface area contributed by atoms with Crippen molar-refractivity contribution in [2.45, 2.75) is 24.1 Å². The lowest BCUT2D eigenvalue weighted by Gasteiger charge is -2.28. The van der Waals surface area contributed by atoms with Gasteiger partial charge >= 0.3 is 5.97 Å². The van der Waals surface area contributed by atoms with Crippen LogP contribution in [-0.2, 0) is 23.9 Å². The summed E-state index contributed by atoms with van der Waals surface area (Å²) >= 11 is 12.8. The van der Waals surface area contributed by atoms with E-state index in [-0.39, 0.29) is 45.9 Å². The molecule has 2 saturated carbocycles. The number of alkyl halides is 2. The summed E-state index contributed by atoms with van der Waals surface area (Å²) < 4.78 is 5.08. The van der Waals surface area contributed by atoms with Gasteiger partial charge in [-0.05, 0) is 66.8 Å². The average molecular weight is 544 g/mol. The van der Waals surface area contributed by atoms with Crippen molar-refractivity contribution in [2.24, 2.45) is 23.7 Å². The molecule has 1 aliphatic heterocycles. The second kappa shape index (κ2) is 9.79. The molecule has 2 aromatic rings. The molecule has 1 saturated heterocycles. The zero-order valence-electron chi connectivity index (χ0n) is 19.6. The van der Waals surface area contributed by atoms with Gasteiger partial charge in [-0.2, -0.15) is 0 Å². The topological polar surface area (TPSA) is 122 Å². The minimum Gasteiger partial charge on any atom is -0.452 e. The van der Waals surface area contributed by atoms with Crippen molar-refractivity contribution in [3.8, 4) is 0 Å². The highest BCUT2D eigenvalue weighted by molar-refractivity contribution is 6.32. The van der Waals surface area contributed by atoms with Crippen molar-refractivity contribution in [3.05, 3.63) is 54.1 Å². The zero-order chi connectivity index (χ0) is 26.4. The van der Waals surface area contributed by atoms with Crippen LogP contribution in [0.25, 0.3) is 0 Å². The van der Waals surface area contributed by atoms with E-state index in [0.717, 1.165) is 4.90 Å². The number of ether oxygens (including phenoxy) is 1. The molecule has 9 nitrogen and oxygen atoms in total. The Balaban J connectivity index is 1.17. The van der Waals surface area contributed by atoms with Crippen LogP contribution in [0.3, 0.4) is 0 Å². The van der Waals surface area contributed by atoms with E-state index in [2.05, 4.69) is 10.6 Å². The maximum Gasteiger partial charge on any atom is 0.338 e. The maximum absolute atomic E-state index is 13.1. The van der Waals surface area contributed by atoms with Crippen LogP contribution in [0.1, 0.15) is 23.7 Å². The number of nitrogens with one attached hydrogen (secondary N) is 2. The Hall–Kier alpha value is -3.43. The number of carbonyl (C=O) groups excluding carboxylic acids is 5. The summed E-state index contributed by atoms with van der Waals surface area (Å²) in [5.41, 5.74) is 1.58. The molecule has 11 heteroatoms. The number of fused-ring (bicyclic) bond motifs is 5. The van der Waals surface area contributed by atoms with E-state index in [0.29, 0.717) is 23.5 Å². The fourth-order valence-electron chi connectivity index (χ4n) is 5.60. The molecule has 4 amide bonds. The Morgan fingerprint density at radius 3 is 1.89 bits per heavy atom. The molecule has 0 spiro atoms. The van der Waals surface area contributed by atoms with Gasteiger partial charge in [-0.15, -0.1) is 23.2 Å². The highest BCUT2D eigenvalue weighted by Gasteiger charge is 2.66. The molecule has 2 bridgehead atoms. The van der Waals surface area contributed by atoms with Gasteiger partial charge in [-0.3, -0.25) is 24.1 Å². The van der Waals surface area contributed by atoms with Gasteiger partial charge in [0.1, 0.15) is 0 Å². The highest BCUT2D eigenvalue weighted by Crippen LogP contribution is 2.59. The monoisotopic (exact) mass is 543 g/mol. The fraction of sp³-hybridized carbons (Fsp3) is 0.346. The minimum atomic E-state index is -0.730. The van der Waals surface area contributed by atoms with Crippen molar-refractivity contribution in [2.75, 3.05) is 22.1 Å². The number of nitrogens with zero attached hydrogens (tertiary/aromatic N) is 1. The standard InChI is InChI=1S/C26H23Cl2N3O6/c1-12(32)29-14-4-6-15(7-5-14)30-19(33)11-37-26(36)13-2-8-16(9-3-13)31-24(34)20-17-10-18(21(20)25(31)35)23(28)22(17)27/h2-9,17-18,20-23H,10-11H2,1H3,(H,29,32)(H,30,33)/t17-,18-,20-,21+,22+,23+/m1/s1. The molecule has 0 unspecified atom stereocenters. The van der Waals surface area contributed by atoms with E-state index in [9.17, 15) is 24.0 Å². The molecule has 3 fully saturated rings. The van der Waals surface area contributed by atoms with Gasteiger partial charge in [-0.25, -0.2) is 4.79 Å². The molecule has 5 rings (SSSR count). The first-order valence-corrected chi connectivity index (χ1v) is 12.6. The number of hydrogen-bond acceptors (Lipinski definition) is 6. The number of amides is 4. The molecule has 1 heterocycles. The molecular formula is C26H23Cl2N3O6. The normalized spacial score (nSPS) is 27.7. The third-order valence-corrected chi connectivity index (χ3v) is 8.49. The molecule has 2 aliphatic carbocycles. The van der Waals surface area contributed by atoms with Gasteiger partial charge in [0.25, 0.3) is 5.91 Å². The van der Waals surface area contributed by atoms with Crippen molar-refractivity contribution >= 4 is 69.9 Å². The first kappa shape index (κ1) is 25.2. The fourth-order valence-corrected chi connectivity index (χ4v) is 6.49. The summed E-state index contributed by atoms with van der Waals surface area (Å²) in [5.74, 6) is -3.19. The quantitative estimate of drug-likeness (QED) is 0.327. The number of carbonyl (C=O) groups is 5. The minimum absolute atomic E-state index is 0.115. The van der Waals surface area contributed by atoms with Crippen LogP contribution < -0.4 is 15.5 Å². The van der Waals surface area contributed by atoms with Gasteiger partial charge < -0.3 is 15.4 Å². The van der Waals surface area contributed by atoms with Crippen LogP contribution in [0.5, 0.6) is 0 Å². The Morgan fingerprint density at radius 1 is 0.865 bits per heavy atom. The number of esters is 1. The Bertz CT molecular complexity index is 1250. The van der Waals surface area contributed by atoms with Crippen molar-refractivity contribution in [1.82, 2.24) is 0 Å². The van der Waals surface area contributed by atoms with Gasteiger partial charge in [0.2, 0.25) is 17.7 Å². The summed E-state index contributed by atoms with van der Waals surface area (Å²) in [4.78, 5) is 63.0. The number of anilines is 3. The van der Waals surface area contributed by atoms with Crippen LogP contribution >= 0.6 is 23.2 Å². The summed E-state index contributed by atoms with van der Waals surface area (Å²) in [6.07, 6.45) is 0.684. The van der Waals surface area contributed by atoms with Crippen molar-refractivity contribution < 1.29 is 28.7 Å². The molecule has 0 aromatic heterocycles. The third-order valence-electron chi connectivity index (χ3n) is 7.17. The van der Waals surface area contributed by atoms with Gasteiger partial charge in [0.05, 0.1) is 33.8 Å². The predicted octanol–water partition coefficient (Wildman–Crippen LogP) is 3.41. The van der Waals surface area contributed by atoms with Crippen molar-refractivity contribution in [1.29, 1.82) is 0 Å². The van der Waals surface area contributed by atoms with Gasteiger partial charge in [0.15, 0.2) is 6.61 Å². The van der Waals surface area contributed by atoms with E-state index in [1.54, 1.807) is 24.3 Å². The molecule has 192 valence electrons. The average Bonchev–Trinajstić information content (AvgIpc) is 3.48. The number of rotatable bonds is 6. The number of imide groups is 1. The van der Waals surface area contributed by atoms with Gasteiger partial charge in [0, 0.05) is 18.3 Å². The van der Waals surface area contributed by atoms with Crippen LogP contribution in [0, 0.1) is 23.7 Å². The van der Waals surface area contributed by atoms with Crippen LogP contribution in [0.4, 0.5) is 17.1 Å². The number of halogens is 2. The molecule has 3 aliphatic rings. The Morgan fingerprint density at radius 2 is 1.38 bits per heavy atom. The van der Waals surface area contributed by atoms with E-state index in [1.165, 1.54) is 31.2 Å². The van der Waals surface area contributed by atoms with E-state index >= 15 is 0 Å². The number of hydrogen-bond donors (Lipinski definition) is 2. The molecule has 2 N–H and O–H groups in total. The predicted molar refractivity (Wildman–Crippen MR) is 136 cm³/mol. The lowest BCUT2D eigenvalue weighted by Crippen LogP contribution is -2.37. The molecule has 6 atom stereocenters. The Kier molecular flexibility index (Phi) is 6.68. The SMILES string of the molecule is CC(=O)Nc1ccc(NC(=O)COC(=O)c2ccc(N3C(=O)[C@@H]4[C@H]5C[C@@H]([C@H](Cl)[C@H]5Cl)[C@@H]4C3=O)cc2)cc1. The van der Waals surface area contributed by atoms with E-state index in [1.807, 2.05) is 0 Å². The van der Waals surface area contributed by atoms with Gasteiger partial charge in [-0.1, -0.05) is 0 Å². The van der Waals surface area contributed by atoms with E-state index < -0.39 is 30.3 Å². The molecule has 37 heavy (non-hydrogen) atoms. The van der Waals surface area contributed by atoms with E-state index in [4.69, 9.17) is 27.9 Å². The molecule has 2 aromatic carbocycles. The summed E-state index contributed by atoms with van der Waals surface area (Å²) in [6.45, 7) is 0.880. The first-order valence-electron chi connectivity index (χ1n) is 11.8. The first-order chi connectivity index (χ1) is 17.7. The summed E-state index contributed by atoms with van der Waals surface area (Å²) in [6, 6.07) is 12.3. The second-order valence-corrected chi connectivity index (χ2v) is 10.5. The van der Waals surface area contributed by atoms with Crippen LogP contribution in [0.15, 0.2) is 48.5 Å².